The van der Waals surface area contributed by atoms with Crippen molar-refractivity contribution in [3.05, 3.63) is 75.9 Å². The first-order valence-electron chi connectivity index (χ1n) is 9.05. The number of halogens is 2. The minimum absolute atomic E-state index is 0.0413. The molecule has 2 N–H and O–H groups in total. The normalized spacial score (nSPS) is 11.6. The van der Waals surface area contributed by atoms with Crippen molar-refractivity contribution < 1.29 is 13.2 Å². The predicted octanol–water partition coefficient (Wildman–Crippen LogP) is 4.18. The molecule has 2 aromatic carbocycles. The van der Waals surface area contributed by atoms with E-state index in [4.69, 9.17) is 23.2 Å². The summed E-state index contributed by atoms with van der Waals surface area (Å²) in [4.78, 5) is 12.8. The molecule has 0 spiro atoms. The Morgan fingerprint density at radius 2 is 1.80 bits per heavy atom. The number of carbonyl (C=O) groups is 1. The van der Waals surface area contributed by atoms with E-state index < -0.39 is 15.9 Å². The second-order valence-corrected chi connectivity index (χ2v) is 9.43. The topological polar surface area (TPSA) is 93.1 Å². The SMILES string of the molecule is CC(C)NS(=O)(=O)c1ccc(Cl)c(C(=O)Nc2ccnn2Cc2ccc(Cl)cc2)c1. The van der Waals surface area contributed by atoms with Gasteiger partial charge in [-0.05, 0) is 49.7 Å². The van der Waals surface area contributed by atoms with Gasteiger partial charge in [0.05, 0.1) is 28.2 Å². The highest BCUT2D eigenvalue weighted by molar-refractivity contribution is 7.89. The lowest BCUT2D eigenvalue weighted by Crippen LogP contribution is -2.30. The molecule has 3 rings (SSSR count). The molecule has 0 radical (unpaired) electrons. The molecule has 0 fully saturated rings. The summed E-state index contributed by atoms with van der Waals surface area (Å²) < 4.78 is 28.9. The fraction of sp³-hybridized carbons (Fsp3) is 0.200. The van der Waals surface area contributed by atoms with Crippen LogP contribution in [0.4, 0.5) is 5.82 Å². The van der Waals surface area contributed by atoms with Crippen LogP contribution in [0.2, 0.25) is 10.0 Å². The Morgan fingerprint density at radius 1 is 1.10 bits per heavy atom. The van der Waals surface area contributed by atoms with Gasteiger partial charge >= 0.3 is 0 Å². The summed E-state index contributed by atoms with van der Waals surface area (Å²) in [5.41, 5.74) is 0.993. The maximum absolute atomic E-state index is 12.8. The lowest BCUT2D eigenvalue weighted by atomic mass is 10.2. The van der Waals surface area contributed by atoms with E-state index in [0.29, 0.717) is 17.4 Å². The number of carbonyl (C=O) groups excluding carboxylic acids is 1. The number of amides is 1. The third kappa shape index (κ3) is 5.40. The zero-order valence-electron chi connectivity index (χ0n) is 16.3. The van der Waals surface area contributed by atoms with Crippen LogP contribution in [0.15, 0.2) is 59.6 Å². The van der Waals surface area contributed by atoms with Gasteiger partial charge in [-0.3, -0.25) is 4.79 Å². The quantitative estimate of drug-likeness (QED) is 0.545. The average molecular weight is 467 g/mol. The van der Waals surface area contributed by atoms with Gasteiger partial charge in [-0.25, -0.2) is 17.8 Å². The van der Waals surface area contributed by atoms with E-state index in [1.165, 1.54) is 18.2 Å². The van der Waals surface area contributed by atoms with E-state index in [-0.39, 0.29) is 21.5 Å². The second-order valence-electron chi connectivity index (χ2n) is 6.87. The minimum Gasteiger partial charge on any atom is -0.307 e. The Hall–Kier alpha value is -2.39. The van der Waals surface area contributed by atoms with Crippen molar-refractivity contribution in [1.29, 1.82) is 0 Å². The monoisotopic (exact) mass is 466 g/mol. The number of hydrogen-bond donors (Lipinski definition) is 2. The molecular weight excluding hydrogens is 447 g/mol. The molecular formula is C20H20Cl2N4O3S. The first-order chi connectivity index (χ1) is 14.2. The van der Waals surface area contributed by atoms with Crippen molar-refractivity contribution in [1.82, 2.24) is 14.5 Å². The van der Waals surface area contributed by atoms with Crippen LogP contribution in [0.5, 0.6) is 0 Å². The van der Waals surface area contributed by atoms with Gasteiger partial charge in [-0.1, -0.05) is 35.3 Å². The van der Waals surface area contributed by atoms with Crippen LogP contribution in [0.1, 0.15) is 29.8 Å². The van der Waals surface area contributed by atoms with Crippen molar-refractivity contribution in [2.24, 2.45) is 0 Å². The van der Waals surface area contributed by atoms with Gasteiger partial charge in [0.2, 0.25) is 10.0 Å². The maximum Gasteiger partial charge on any atom is 0.258 e. The van der Waals surface area contributed by atoms with Gasteiger partial charge in [-0.2, -0.15) is 5.10 Å². The predicted molar refractivity (Wildman–Crippen MR) is 118 cm³/mol. The van der Waals surface area contributed by atoms with Crippen molar-refractivity contribution in [3.8, 4) is 0 Å². The van der Waals surface area contributed by atoms with Crippen LogP contribution < -0.4 is 10.0 Å². The molecule has 0 saturated heterocycles. The fourth-order valence-corrected chi connectivity index (χ4v) is 4.34. The van der Waals surface area contributed by atoms with Gasteiger partial charge in [-0.15, -0.1) is 0 Å². The summed E-state index contributed by atoms with van der Waals surface area (Å²) in [6, 6.07) is 12.6. The highest BCUT2D eigenvalue weighted by Gasteiger charge is 2.20. The van der Waals surface area contributed by atoms with Gasteiger partial charge in [0, 0.05) is 17.1 Å². The summed E-state index contributed by atoms with van der Waals surface area (Å²) >= 11 is 12.1. The zero-order valence-corrected chi connectivity index (χ0v) is 18.6. The molecule has 0 aliphatic heterocycles. The molecule has 0 aliphatic carbocycles. The standard InChI is InChI=1S/C20H20Cl2N4O3S/c1-13(2)25-30(28,29)16-7-8-18(22)17(11-16)20(27)24-19-9-10-23-26(19)12-14-3-5-15(21)6-4-14/h3-11,13,25H,12H2,1-2H3,(H,24,27). The molecule has 0 aliphatic rings. The fourth-order valence-electron chi connectivity index (χ4n) is 2.74. The Morgan fingerprint density at radius 3 is 2.47 bits per heavy atom. The number of hydrogen-bond acceptors (Lipinski definition) is 4. The Kier molecular flexibility index (Phi) is 6.82. The van der Waals surface area contributed by atoms with E-state index in [1.54, 1.807) is 42.9 Å². The molecule has 10 heteroatoms. The first kappa shape index (κ1) is 22.3. The van der Waals surface area contributed by atoms with Crippen LogP contribution in [0.3, 0.4) is 0 Å². The highest BCUT2D eigenvalue weighted by atomic mass is 35.5. The van der Waals surface area contributed by atoms with Crippen molar-refractivity contribution in [2.45, 2.75) is 31.3 Å². The van der Waals surface area contributed by atoms with Crippen molar-refractivity contribution >= 4 is 45.0 Å². The molecule has 0 bridgehead atoms. The number of sulfonamides is 1. The number of rotatable bonds is 7. The highest BCUT2D eigenvalue weighted by Crippen LogP contribution is 2.22. The summed E-state index contributed by atoms with van der Waals surface area (Å²) in [6.45, 7) is 3.84. The third-order valence-electron chi connectivity index (χ3n) is 4.09. The van der Waals surface area contributed by atoms with Crippen molar-refractivity contribution in [3.63, 3.8) is 0 Å². The smallest absolute Gasteiger partial charge is 0.258 e. The number of nitrogens with zero attached hydrogens (tertiary/aromatic N) is 2. The van der Waals surface area contributed by atoms with Crippen LogP contribution in [0, 0.1) is 0 Å². The lowest BCUT2D eigenvalue weighted by molar-refractivity contribution is 0.102. The lowest BCUT2D eigenvalue weighted by Gasteiger charge is -2.13. The third-order valence-corrected chi connectivity index (χ3v) is 6.33. The molecule has 0 atom stereocenters. The van der Waals surface area contributed by atoms with Crippen LogP contribution in [-0.4, -0.2) is 30.1 Å². The van der Waals surface area contributed by atoms with Gasteiger partial charge in [0.15, 0.2) is 0 Å². The molecule has 1 heterocycles. The summed E-state index contributed by atoms with van der Waals surface area (Å²) in [5.74, 6) is -0.0981. The van der Waals surface area contributed by atoms with E-state index in [1.807, 2.05) is 12.1 Å². The molecule has 1 aromatic heterocycles. The van der Waals surface area contributed by atoms with E-state index >= 15 is 0 Å². The minimum atomic E-state index is -3.76. The Balaban J connectivity index is 1.83. The molecule has 1 amide bonds. The Bertz CT molecular complexity index is 1160. The Labute approximate surface area is 185 Å². The molecule has 30 heavy (non-hydrogen) atoms. The largest absolute Gasteiger partial charge is 0.307 e. The summed E-state index contributed by atoms with van der Waals surface area (Å²) in [7, 11) is -3.76. The van der Waals surface area contributed by atoms with Crippen LogP contribution >= 0.6 is 23.2 Å². The van der Waals surface area contributed by atoms with Gasteiger partial charge in [0.25, 0.3) is 5.91 Å². The average Bonchev–Trinajstić information content (AvgIpc) is 3.09. The number of anilines is 1. The first-order valence-corrected chi connectivity index (χ1v) is 11.3. The second kappa shape index (κ2) is 9.18. The molecule has 3 aromatic rings. The molecule has 158 valence electrons. The van der Waals surface area contributed by atoms with Gasteiger partial charge in [0.1, 0.15) is 5.82 Å². The molecule has 0 unspecified atom stereocenters. The van der Waals surface area contributed by atoms with E-state index in [9.17, 15) is 13.2 Å². The van der Waals surface area contributed by atoms with Crippen molar-refractivity contribution in [2.75, 3.05) is 5.32 Å². The maximum atomic E-state index is 12.8. The van der Waals surface area contributed by atoms with Gasteiger partial charge < -0.3 is 5.32 Å². The van der Waals surface area contributed by atoms with Crippen LogP contribution in [-0.2, 0) is 16.6 Å². The zero-order chi connectivity index (χ0) is 21.9. The summed E-state index contributed by atoms with van der Waals surface area (Å²) in [5, 5.41) is 7.72. The molecule has 7 nitrogen and oxygen atoms in total. The van der Waals surface area contributed by atoms with E-state index in [0.717, 1.165) is 5.56 Å². The van der Waals surface area contributed by atoms with E-state index in [2.05, 4.69) is 15.1 Å². The van der Waals surface area contributed by atoms with Crippen LogP contribution in [0.25, 0.3) is 0 Å². The number of aromatic nitrogens is 2. The molecule has 0 saturated carbocycles. The number of nitrogens with one attached hydrogen (secondary N) is 2. The number of benzene rings is 2. The summed E-state index contributed by atoms with van der Waals surface area (Å²) in [6.07, 6.45) is 1.56.